The van der Waals surface area contributed by atoms with Crippen LogP contribution in [-0.2, 0) is 4.74 Å². The summed E-state index contributed by atoms with van der Waals surface area (Å²) in [7, 11) is 0. The smallest absolute Gasteiger partial charge is 0.0697 e. The Morgan fingerprint density at radius 2 is 1.85 bits per heavy atom. The number of hydrogen-bond donors (Lipinski definition) is 1. The Bertz CT molecular complexity index is 336. The standard InChI is InChI=1S/C17H30N2O/c1-3-16(14-4-9-18-10-5-14)19(11-1)15-6-12-20-17(13-15)7-2-8-17/h14-16,18H,1-13H2. The molecule has 0 aromatic heterocycles. The molecule has 4 rings (SSSR count). The minimum absolute atomic E-state index is 0.310. The monoisotopic (exact) mass is 278 g/mol. The molecule has 4 aliphatic rings. The molecule has 3 nitrogen and oxygen atoms in total. The molecule has 2 unspecified atom stereocenters. The van der Waals surface area contributed by atoms with Crippen molar-refractivity contribution in [2.75, 3.05) is 26.2 Å². The van der Waals surface area contributed by atoms with Crippen LogP contribution in [0, 0.1) is 5.92 Å². The predicted octanol–water partition coefficient (Wildman–Crippen LogP) is 2.55. The first kappa shape index (κ1) is 13.5. The Hall–Kier alpha value is -0.120. The molecular formula is C17H30N2O. The third kappa shape index (κ3) is 2.42. The maximum Gasteiger partial charge on any atom is 0.0697 e. The van der Waals surface area contributed by atoms with E-state index in [1.807, 2.05) is 0 Å². The molecule has 114 valence electrons. The van der Waals surface area contributed by atoms with Crippen molar-refractivity contribution < 1.29 is 4.74 Å². The van der Waals surface area contributed by atoms with Gasteiger partial charge in [0.1, 0.15) is 0 Å². The summed E-state index contributed by atoms with van der Waals surface area (Å²) in [5.41, 5.74) is 0.310. The Kier molecular flexibility index (Phi) is 3.78. The van der Waals surface area contributed by atoms with Gasteiger partial charge in [0.05, 0.1) is 5.60 Å². The molecule has 3 aliphatic heterocycles. The number of rotatable bonds is 2. The Labute approximate surface area is 123 Å². The predicted molar refractivity (Wildman–Crippen MR) is 80.9 cm³/mol. The largest absolute Gasteiger partial charge is 0.375 e. The van der Waals surface area contributed by atoms with Crippen molar-refractivity contribution in [3.8, 4) is 0 Å². The van der Waals surface area contributed by atoms with Crippen LogP contribution in [0.15, 0.2) is 0 Å². The van der Waals surface area contributed by atoms with Gasteiger partial charge in [-0.05, 0) is 83.3 Å². The zero-order valence-electron chi connectivity index (χ0n) is 12.8. The van der Waals surface area contributed by atoms with Gasteiger partial charge in [-0.1, -0.05) is 0 Å². The van der Waals surface area contributed by atoms with E-state index in [9.17, 15) is 0 Å². The van der Waals surface area contributed by atoms with Crippen LogP contribution in [0.5, 0.6) is 0 Å². The summed E-state index contributed by atoms with van der Waals surface area (Å²) in [4.78, 5) is 2.92. The first-order chi connectivity index (χ1) is 9.86. The molecule has 0 amide bonds. The molecular weight excluding hydrogens is 248 g/mol. The van der Waals surface area contributed by atoms with Crippen molar-refractivity contribution in [1.82, 2.24) is 10.2 Å². The number of ether oxygens (including phenoxy) is 1. The highest BCUT2D eigenvalue weighted by Gasteiger charge is 2.46. The topological polar surface area (TPSA) is 24.5 Å². The van der Waals surface area contributed by atoms with Gasteiger partial charge in [0.25, 0.3) is 0 Å². The first-order valence-corrected chi connectivity index (χ1v) is 8.97. The number of hydrogen-bond acceptors (Lipinski definition) is 3. The molecule has 1 N–H and O–H groups in total. The van der Waals surface area contributed by atoms with Gasteiger partial charge in [-0.2, -0.15) is 0 Å². The second-order valence-electron chi connectivity index (χ2n) is 7.57. The fourth-order valence-electron chi connectivity index (χ4n) is 5.21. The van der Waals surface area contributed by atoms with Gasteiger partial charge < -0.3 is 10.1 Å². The highest BCUT2D eigenvalue weighted by atomic mass is 16.5. The van der Waals surface area contributed by atoms with E-state index in [2.05, 4.69) is 10.2 Å². The lowest BCUT2D eigenvalue weighted by molar-refractivity contribution is -0.151. The molecule has 0 bridgehead atoms. The van der Waals surface area contributed by atoms with E-state index < -0.39 is 0 Å². The van der Waals surface area contributed by atoms with E-state index in [1.54, 1.807) is 0 Å². The Morgan fingerprint density at radius 3 is 2.60 bits per heavy atom. The van der Waals surface area contributed by atoms with Crippen molar-refractivity contribution in [1.29, 1.82) is 0 Å². The number of likely N-dealkylation sites (tertiary alicyclic amines) is 1. The summed E-state index contributed by atoms with van der Waals surface area (Å²) >= 11 is 0. The van der Waals surface area contributed by atoms with Crippen LogP contribution < -0.4 is 5.32 Å². The van der Waals surface area contributed by atoms with E-state index in [1.165, 1.54) is 77.4 Å². The van der Waals surface area contributed by atoms with E-state index >= 15 is 0 Å². The number of piperidine rings is 1. The minimum atomic E-state index is 0.310. The average Bonchev–Trinajstić information content (AvgIpc) is 2.96. The third-order valence-corrected chi connectivity index (χ3v) is 6.47. The minimum Gasteiger partial charge on any atom is -0.375 e. The summed E-state index contributed by atoms with van der Waals surface area (Å²) < 4.78 is 6.14. The zero-order chi connectivity index (χ0) is 13.4. The van der Waals surface area contributed by atoms with Crippen molar-refractivity contribution in [2.45, 2.75) is 75.5 Å². The second kappa shape index (κ2) is 5.58. The van der Waals surface area contributed by atoms with Gasteiger partial charge in [0, 0.05) is 18.7 Å². The molecule has 0 aromatic rings. The van der Waals surface area contributed by atoms with E-state index in [4.69, 9.17) is 4.74 Å². The van der Waals surface area contributed by atoms with Gasteiger partial charge >= 0.3 is 0 Å². The summed E-state index contributed by atoms with van der Waals surface area (Å²) in [6.45, 7) is 4.86. The lowest BCUT2D eigenvalue weighted by Gasteiger charge is -2.50. The summed E-state index contributed by atoms with van der Waals surface area (Å²) in [6.07, 6.45) is 12.3. The fraction of sp³-hybridized carbons (Fsp3) is 1.00. The van der Waals surface area contributed by atoms with E-state index in [0.717, 1.165) is 24.6 Å². The molecule has 1 saturated carbocycles. The summed E-state index contributed by atoms with van der Waals surface area (Å²) in [6, 6.07) is 1.71. The lowest BCUT2D eigenvalue weighted by Crippen LogP contribution is -2.54. The average molecular weight is 278 g/mol. The van der Waals surface area contributed by atoms with Crippen LogP contribution >= 0.6 is 0 Å². The maximum atomic E-state index is 6.14. The van der Waals surface area contributed by atoms with Gasteiger partial charge in [0.15, 0.2) is 0 Å². The molecule has 2 atom stereocenters. The van der Waals surface area contributed by atoms with Crippen LogP contribution in [0.25, 0.3) is 0 Å². The third-order valence-electron chi connectivity index (χ3n) is 6.47. The van der Waals surface area contributed by atoms with Crippen molar-refractivity contribution in [3.63, 3.8) is 0 Å². The SMILES string of the molecule is C1CC(C2CCNCC2)N(C2CCOC3(CCC3)C2)C1. The molecule has 3 heterocycles. The highest BCUT2D eigenvalue weighted by molar-refractivity contribution is 4.99. The second-order valence-corrected chi connectivity index (χ2v) is 7.57. The quantitative estimate of drug-likeness (QED) is 0.840. The van der Waals surface area contributed by atoms with Gasteiger partial charge in [-0.25, -0.2) is 0 Å². The van der Waals surface area contributed by atoms with Crippen molar-refractivity contribution in [3.05, 3.63) is 0 Å². The van der Waals surface area contributed by atoms with Gasteiger partial charge in [-0.15, -0.1) is 0 Å². The normalized spacial score (nSPS) is 39.0. The van der Waals surface area contributed by atoms with Gasteiger partial charge in [0.2, 0.25) is 0 Å². The summed E-state index contributed by atoms with van der Waals surface area (Å²) in [5, 5.41) is 3.53. The summed E-state index contributed by atoms with van der Waals surface area (Å²) in [5.74, 6) is 0.957. The number of nitrogens with zero attached hydrogens (tertiary/aromatic N) is 1. The first-order valence-electron chi connectivity index (χ1n) is 8.97. The lowest BCUT2D eigenvalue weighted by atomic mass is 9.73. The van der Waals surface area contributed by atoms with Crippen molar-refractivity contribution >= 4 is 0 Å². The molecule has 4 fully saturated rings. The van der Waals surface area contributed by atoms with Crippen LogP contribution in [-0.4, -0.2) is 48.8 Å². The molecule has 20 heavy (non-hydrogen) atoms. The van der Waals surface area contributed by atoms with Crippen molar-refractivity contribution in [2.24, 2.45) is 5.92 Å². The molecule has 3 heteroatoms. The van der Waals surface area contributed by atoms with Gasteiger partial charge in [-0.3, -0.25) is 4.90 Å². The number of nitrogens with one attached hydrogen (secondary N) is 1. The fourth-order valence-corrected chi connectivity index (χ4v) is 5.21. The highest BCUT2D eigenvalue weighted by Crippen LogP contribution is 2.45. The Balaban J connectivity index is 1.43. The van der Waals surface area contributed by atoms with Crippen LogP contribution in [0.1, 0.15) is 57.8 Å². The van der Waals surface area contributed by atoms with Crippen LogP contribution in [0.4, 0.5) is 0 Å². The molecule has 0 aromatic carbocycles. The van der Waals surface area contributed by atoms with E-state index in [-0.39, 0.29) is 0 Å². The zero-order valence-corrected chi connectivity index (χ0v) is 12.8. The van der Waals surface area contributed by atoms with E-state index in [0.29, 0.717) is 5.60 Å². The molecule has 3 saturated heterocycles. The van der Waals surface area contributed by atoms with Crippen LogP contribution in [0.2, 0.25) is 0 Å². The molecule has 1 spiro atoms. The molecule has 1 aliphatic carbocycles. The molecule has 0 radical (unpaired) electrons. The maximum absolute atomic E-state index is 6.14. The van der Waals surface area contributed by atoms with Crippen LogP contribution in [0.3, 0.4) is 0 Å². The Morgan fingerprint density at radius 1 is 1.00 bits per heavy atom.